The van der Waals surface area contributed by atoms with Crippen molar-refractivity contribution in [3.05, 3.63) is 35.4 Å². The maximum absolute atomic E-state index is 6.32. The normalized spacial score (nSPS) is 14.7. The van der Waals surface area contributed by atoms with Gasteiger partial charge in [0.15, 0.2) is 0 Å². The first-order chi connectivity index (χ1) is 17.1. The smallest absolute Gasteiger partial charge is 0.130 e. The lowest BCUT2D eigenvalue weighted by Crippen LogP contribution is -3.00. The zero-order valence-corrected chi connectivity index (χ0v) is 27.6. The van der Waals surface area contributed by atoms with Crippen LogP contribution in [-0.2, 0) is 16.7 Å². The van der Waals surface area contributed by atoms with Crippen LogP contribution in [0.5, 0.6) is 0 Å². The van der Waals surface area contributed by atoms with E-state index >= 15 is 0 Å². The highest BCUT2D eigenvalue weighted by atomic mass is 35.5. The molecule has 3 nitrogen and oxygen atoms in total. The van der Waals surface area contributed by atoms with Crippen molar-refractivity contribution >= 4 is 12.4 Å². The molecule has 1 aromatic carbocycles. The Morgan fingerprint density at radius 2 is 1.16 bits per heavy atom. The fourth-order valence-electron chi connectivity index (χ4n) is 5.01. The molecule has 1 aliphatic heterocycles. The zero-order chi connectivity index (χ0) is 26.7. The van der Waals surface area contributed by atoms with Gasteiger partial charge in [0, 0.05) is 5.54 Å². The predicted molar refractivity (Wildman–Crippen MR) is 167 cm³/mol. The van der Waals surface area contributed by atoms with E-state index in [0.717, 1.165) is 17.6 Å². The molecule has 0 aliphatic carbocycles. The second-order valence-corrected chi connectivity index (χ2v) is 12.9. The van der Waals surface area contributed by atoms with Crippen molar-refractivity contribution in [2.75, 3.05) is 34.3 Å². The van der Waals surface area contributed by atoms with Gasteiger partial charge in [0.1, 0.15) is 12.6 Å². The summed E-state index contributed by atoms with van der Waals surface area (Å²) >= 11 is 0. The van der Waals surface area contributed by atoms with Crippen molar-refractivity contribution in [1.29, 1.82) is 0 Å². The topological polar surface area (TPSA) is 38.5 Å². The monoisotopic (exact) mass is 574 g/mol. The van der Waals surface area contributed by atoms with Gasteiger partial charge in [-0.25, -0.2) is 0 Å². The van der Waals surface area contributed by atoms with E-state index in [1.54, 1.807) is 0 Å². The van der Waals surface area contributed by atoms with Gasteiger partial charge < -0.3 is 27.4 Å². The van der Waals surface area contributed by atoms with Crippen LogP contribution in [0.2, 0.25) is 0 Å². The maximum atomic E-state index is 6.32. The Morgan fingerprint density at radius 1 is 0.763 bits per heavy atom. The third-order valence-corrected chi connectivity index (χ3v) is 7.16. The molecule has 1 saturated heterocycles. The third-order valence-electron chi connectivity index (χ3n) is 7.16. The minimum Gasteiger partial charge on any atom is -1.00 e. The first-order valence-electron chi connectivity index (χ1n) is 15.4. The van der Waals surface area contributed by atoms with Crippen molar-refractivity contribution in [3.63, 3.8) is 0 Å². The first kappa shape index (κ1) is 39.8. The minimum atomic E-state index is -0.231. The molecule has 5 heteroatoms. The largest absolute Gasteiger partial charge is 1.00 e. The summed E-state index contributed by atoms with van der Waals surface area (Å²) in [5, 5.41) is 0. The highest BCUT2D eigenvalue weighted by Gasteiger charge is 2.28. The zero-order valence-electron chi connectivity index (χ0n) is 26.0. The molecule has 1 aromatic rings. The number of hydrogen-bond acceptors (Lipinski definition) is 2. The molecule has 1 heterocycles. The van der Waals surface area contributed by atoms with Gasteiger partial charge in [-0.1, -0.05) is 128 Å². The van der Waals surface area contributed by atoms with E-state index in [4.69, 9.17) is 10.5 Å². The number of quaternary nitrogens is 1. The van der Waals surface area contributed by atoms with E-state index in [1.807, 2.05) is 0 Å². The second-order valence-electron chi connectivity index (χ2n) is 12.9. The number of hydrogen-bond donors (Lipinski definition) is 1. The minimum absolute atomic E-state index is 0. The van der Waals surface area contributed by atoms with Crippen LogP contribution in [-0.4, -0.2) is 44.9 Å². The fourth-order valence-corrected chi connectivity index (χ4v) is 5.01. The summed E-state index contributed by atoms with van der Waals surface area (Å²) in [6.07, 6.45) is 24.6. The number of halogens is 2. The third kappa shape index (κ3) is 23.6. The Labute approximate surface area is 250 Å². The van der Waals surface area contributed by atoms with E-state index < -0.39 is 0 Å². The van der Waals surface area contributed by atoms with E-state index in [0.29, 0.717) is 6.10 Å². The Hall–Kier alpha value is -0.320. The van der Waals surface area contributed by atoms with Gasteiger partial charge in [0.25, 0.3) is 0 Å². The summed E-state index contributed by atoms with van der Waals surface area (Å²) < 4.78 is 6.09. The van der Waals surface area contributed by atoms with Gasteiger partial charge in [0.2, 0.25) is 0 Å². The number of nitrogens with two attached hydrogens (primary N) is 1. The summed E-state index contributed by atoms with van der Waals surface area (Å²) in [5.74, 6) is 0. The quantitative estimate of drug-likeness (QED) is 0.114. The van der Waals surface area contributed by atoms with Crippen LogP contribution in [0.4, 0.5) is 0 Å². The number of likely N-dealkylation sites (N-methyl/N-ethyl adjacent to an activating group) is 1. The molecular formula is C33H64Cl2N2O. The number of nitrogens with zero attached hydrogens (tertiary/aromatic N) is 1. The summed E-state index contributed by atoms with van der Waals surface area (Å²) in [5.41, 5.74) is 8.85. The van der Waals surface area contributed by atoms with Gasteiger partial charge in [-0.2, -0.15) is 0 Å². The van der Waals surface area contributed by atoms with Crippen molar-refractivity contribution in [2.24, 2.45) is 5.73 Å². The lowest BCUT2D eigenvalue weighted by atomic mass is 9.89. The van der Waals surface area contributed by atoms with Crippen molar-refractivity contribution in [3.8, 4) is 0 Å². The number of epoxide rings is 1. The van der Waals surface area contributed by atoms with Crippen LogP contribution in [0.1, 0.15) is 135 Å². The molecule has 0 radical (unpaired) electrons. The van der Waals surface area contributed by atoms with Gasteiger partial charge >= 0.3 is 0 Å². The van der Waals surface area contributed by atoms with E-state index in [-0.39, 0.29) is 30.4 Å². The Balaban J connectivity index is 0. The number of benzene rings is 1. The Bertz CT molecular complexity index is 651. The van der Waals surface area contributed by atoms with Crippen molar-refractivity contribution < 1.29 is 21.6 Å². The van der Waals surface area contributed by atoms with Crippen molar-refractivity contribution in [2.45, 2.75) is 142 Å². The van der Waals surface area contributed by atoms with E-state index in [1.165, 1.54) is 120 Å². The van der Waals surface area contributed by atoms with Gasteiger partial charge in [-0.05, 0) is 37.8 Å². The average molecular weight is 576 g/mol. The van der Waals surface area contributed by atoms with Crippen LogP contribution >= 0.6 is 12.4 Å². The number of rotatable bonds is 20. The lowest BCUT2D eigenvalue weighted by molar-refractivity contribution is -0.870. The molecule has 0 amide bonds. The summed E-state index contributed by atoms with van der Waals surface area (Å²) in [4.78, 5) is 0. The molecule has 0 bridgehead atoms. The van der Waals surface area contributed by atoms with Gasteiger partial charge in [-0.3, -0.25) is 0 Å². The van der Waals surface area contributed by atoms with Crippen LogP contribution in [0, 0.1) is 0 Å². The van der Waals surface area contributed by atoms with E-state index in [9.17, 15) is 0 Å². The van der Waals surface area contributed by atoms with Gasteiger partial charge in [0.05, 0.1) is 27.7 Å². The summed E-state index contributed by atoms with van der Waals surface area (Å²) in [6, 6.07) is 8.72. The molecule has 226 valence electrons. The number of ether oxygens (including phenoxy) is 1. The second kappa shape index (κ2) is 23.4. The average Bonchev–Trinajstić information content (AvgIpc) is 3.61. The van der Waals surface area contributed by atoms with Crippen LogP contribution in [0.15, 0.2) is 24.3 Å². The SMILES string of the molecule is CCCCCCCCCCCCCCCCCCc1ccccc1C(C)(C)N.C[N+](C)(C)CC1CO1.Cl.[Cl-]. The van der Waals surface area contributed by atoms with Crippen molar-refractivity contribution in [1.82, 2.24) is 0 Å². The highest BCUT2D eigenvalue weighted by molar-refractivity contribution is 5.85. The summed E-state index contributed by atoms with van der Waals surface area (Å²) in [7, 11) is 6.55. The standard InChI is InChI=1S/C27H49N.C6H14NO.2ClH/c1-4-5-6-7-8-9-10-11-12-13-14-15-16-17-18-19-22-25-23-20-21-24-26(25)27(2,3)28;1-7(2,3)4-6-5-8-6;;/h20-21,23-24H,4-19,22,28H2,1-3H3;6H,4-5H2,1-3H3;2*1H/q;+1;;/p-1. The molecule has 1 unspecified atom stereocenters. The number of unbranched alkanes of at least 4 members (excludes halogenated alkanes) is 15. The van der Waals surface area contributed by atoms with Gasteiger partial charge in [-0.15, -0.1) is 12.4 Å². The molecule has 1 fully saturated rings. The molecule has 1 aliphatic rings. The molecular weight excluding hydrogens is 511 g/mol. The fraction of sp³-hybridized carbons (Fsp3) is 0.818. The Kier molecular flexibility index (Phi) is 24.5. The van der Waals surface area contributed by atoms with Crippen LogP contribution in [0.3, 0.4) is 0 Å². The molecule has 2 rings (SSSR count). The highest BCUT2D eigenvalue weighted by Crippen LogP contribution is 2.23. The van der Waals surface area contributed by atoms with Crippen LogP contribution < -0.4 is 18.1 Å². The lowest BCUT2D eigenvalue weighted by Gasteiger charge is -2.23. The molecule has 0 saturated carbocycles. The Morgan fingerprint density at radius 3 is 1.50 bits per heavy atom. The molecule has 0 aromatic heterocycles. The van der Waals surface area contributed by atoms with E-state index in [2.05, 4.69) is 66.2 Å². The first-order valence-corrected chi connectivity index (χ1v) is 15.4. The molecule has 0 spiro atoms. The van der Waals surface area contributed by atoms with Crippen LogP contribution in [0.25, 0.3) is 0 Å². The molecule has 1 atom stereocenters. The summed E-state index contributed by atoms with van der Waals surface area (Å²) in [6.45, 7) is 8.65. The molecule has 2 N–H and O–H groups in total. The number of aryl methyl sites for hydroxylation is 1. The maximum Gasteiger partial charge on any atom is 0.130 e. The predicted octanol–water partition coefficient (Wildman–Crippen LogP) is 6.20. The molecule has 38 heavy (non-hydrogen) atoms.